The molecule has 2 heterocycles. The van der Waals surface area contributed by atoms with Gasteiger partial charge in [0.05, 0.1) is 0 Å². The Morgan fingerprint density at radius 3 is 2.81 bits per heavy atom. The first-order valence-corrected chi connectivity index (χ1v) is 7.87. The first kappa shape index (κ1) is 15.8. The zero-order chi connectivity index (χ0) is 15.4. The van der Waals surface area contributed by atoms with Crippen molar-refractivity contribution in [2.75, 3.05) is 0 Å². The number of aromatic nitrogens is 2. The van der Waals surface area contributed by atoms with Gasteiger partial charge in [0.25, 0.3) is 5.91 Å². The zero-order valence-electron chi connectivity index (χ0n) is 12.6. The van der Waals surface area contributed by atoms with Gasteiger partial charge in [-0.25, -0.2) is 0 Å². The summed E-state index contributed by atoms with van der Waals surface area (Å²) in [5.74, 6) is 0.0430. The quantitative estimate of drug-likeness (QED) is 0.824. The fraction of sp³-hybridized carbons (Fsp3) is 0.375. The lowest BCUT2D eigenvalue weighted by atomic mass is 10.2. The normalized spacial score (nSPS) is 10.9. The van der Waals surface area contributed by atoms with E-state index in [0.717, 1.165) is 16.6 Å². The Kier molecular flexibility index (Phi) is 5.17. The average molecular weight is 350 g/mol. The summed E-state index contributed by atoms with van der Waals surface area (Å²) in [6, 6.07) is 5.88. The summed E-state index contributed by atoms with van der Waals surface area (Å²) in [5.41, 5.74) is 1.75. The van der Waals surface area contributed by atoms with Crippen LogP contribution in [0.25, 0.3) is 0 Å². The Morgan fingerprint density at radius 1 is 1.48 bits per heavy atom. The summed E-state index contributed by atoms with van der Waals surface area (Å²) in [4.78, 5) is 18.8. The zero-order valence-corrected chi connectivity index (χ0v) is 14.2. The second kappa shape index (κ2) is 6.89. The number of hydrogen-bond acceptors (Lipinski definition) is 2. The van der Waals surface area contributed by atoms with Gasteiger partial charge in [0.15, 0.2) is 0 Å². The van der Waals surface area contributed by atoms with Crippen LogP contribution in [-0.2, 0) is 13.1 Å². The summed E-state index contributed by atoms with van der Waals surface area (Å²) in [7, 11) is 0. The molecule has 0 aliphatic carbocycles. The van der Waals surface area contributed by atoms with E-state index in [1.807, 2.05) is 54.6 Å². The number of nitrogens with zero attached hydrogens (tertiary/aromatic N) is 3. The fourth-order valence-electron chi connectivity index (χ4n) is 2.24. The van der Waals surface area contributed by atoms with E-state index in [1.54, 1.807) is 12.4 Å². The third-order valence-electron chi connectivity index (χ3n) is 3.38. The Labute approximate surface area is 133 Å². The molecule has 0 unspecified atom stereocenters. The van der Waals surface area contributed by atoms with Gasteiger partial charge in [-0.2, -0.15) is 0 Å². The Hall–Kier alpha value is -1.62. The smallest absolute Gasteiger partial charge is 0.271 e. The first-order valence-electron chi connectivity index (χ1n) is 7.08. The van der Waals surface area contributed by atoms with Gasteiger partial charge in [0, 0.05) is 42.2 Å². The monoisotopic (exact) mass is 349 g/mol. The number of rotatable bonds is 5. The molecule has 0 spiro atoms. The van der Waals surface area contributed by atoms with Crippen molar-refractivity contribution in [3.05, 3.63) is 52.5 Å². The average Bonchev–Trinajstić information content (AvgIpc) is 2.86. The number of halogens is 1. The van der Waals surface area contributed by atoms with Crippen molar-refractivity contribution in [3.8, 4) is 0 Å². The Bertz CT molecular complexity index is 607. The van der Waals surface area contributed by atoms with Gasteiger partial charge in [-0.15, -0.1) is 0 Å². The van der Waals surface area contributed by atoms with Crippen LogP contribution in [0, 0.1) is 0 Å². The van der Waals surface area contributed by atoms with E-state index >= 15 is 0 Å². The largest absolute Gasteiger partial charge is 0.343 e. The van der Waals surface area contributed by atoms with Crippen molar-refractivity contribution in [1.29, 1.82) is 0 Å². The van der Waals surface area contributed by atoms with E-state index in [4.69, 9.17) is 0 Å². The highest BCUT2D eigenvalue weighted by atomic mass is 79.9. The number of amides is 1. The van der Waals surface area contributed by atoms with Crippen molar-refractivity contribution in [2.24, 2.45) is 0 Å². The van der Waals surface area contributed by atoms with Crippen LogP contribution in [0.4, 0.5) is 0 Å². The molecular weight excluding hydrogens is 330 g/mol. The van der Waals surface area contributed by atoms with Gasteiger partial charge in [-0.1, -0.05) is 6.07 Å². The van der Waals surface area contributed by atoms with E-state index in [9.17, 15) is 4.79 Å². The van der Waals surface area contributed by atoms with Gasteiger partial charge in [-0.3, -0.25) is 9.78 Å². The van der Waals surface area contributed by atoms with E-state index in [2.05, 4.69) is 20.9 Å². The molecular formula is C16H20BrN3O. The van der Waals surface area contributed by atoms with Crippen LogP contribution >= 0.6 is 15.9 Å². The van der Waals surface area contributed by atoms with Crippen molar-refractivity contribution in [2.45, 2.75) is 39.9 Å². The molecule has 0 aliphatic heterocycles. The Balaban J connectivity index is 2.27. The molecule has 21 heavy (non-hydrogen) atoms. The van der Waals surface area contributed by atoms with Gasteiger partial charge in [0.1, 0.15) is 5.69 Å². The maximum atomic E-state index is 12.8. The number of hydrogen-bond donors (Lipinski definition) is 0. The molecule has 0 saturated heterocycles. The van der Waals surface area contributed by atoms with E-state index < -0.39 is 0 Å². The topological polar surface area (TPSA) is 38.1 Å². The number of aryl methyl sites for hydroxylation is 1. The standard InChI is InChI=1S/C16H20BrN3O/c1-4-19-11-14(17)8-15(19)16(21)20(12(2)3)10-13-6-5-7-18-9-13/h5-9,11-12H,4,10H2,1-3H3. The minimum atomic E-state index is 0.0430. The van der Waals surface area contributed by atoms with Crippen molar-refractivity contribution < 1.29 is 4.79 Å². The van der Waals surface area contributed by atoms with Crippen LogP contribution in [0.2, 0.25) is 0 Å². The van der Waals surface area contributed by atoms with Crippen molar-refractivity contribution in [3.63, 3.8) is 0 Å². The molecule has 4 nitrogen and oxygen atoms in total. The number of carbonyl (C=O) groups is 1. The van der Waals surface area contributed by atoms with Crippen molar-refractivity contribution >= 4 is 21.8 Å². The van der Waals surface area contributed by atoms with Crippen molar-refractivity contribution in [1.82, 2.24) is 14.5 Å². The van der Waals surface area contributed by atoms with Gasteiger partial charge < -0.3 is 9.47 Å². The van der Waals surface area contributed by atoms with Crippen LogP contribution in [0.5, 0.6) is 0 Å². The fourth-order valence-corrected chi connectivity index (χ4v) is 2.70. The molecule has 1 amide bonds. The summed E-state index contributed by atoms with van der Waals surface area (Å²) < 4.78 is 2.89. The van der Waals surface area contributed by atoms with Crippen LogP contribution in [0.1, 0.15) is 36.8 Å². The lowest BCUT2D eigenvalue weighted by Gasteiger charge is -2.27. The second-order valence-corrected chi connectivity index (χ2v) is 6.13. The molecule has 0 fully saturated rings. The van der Waals surface area contributed by atoms with E-state index in [-0.39, 0.29) is 11.9 Å². The number of carbonyl (C=O) groups excluding carboxylic acids is 1. The predicted molar refractivity (Wildman–Crippen MR) is 87.1 cm³/mol. The highest BCUT2D eigenvalue weighted by Gasteiger charge is 2.22. The van der Waals surface area contributed by atoms with Crippen LogP contribution in [-0.4, -0.2) is 26.4 Å². The summed E-state index contributed by atoms with van der Waals surface area (Å²) in [5, 5.41) is 0. The minimum Gasteiger partial charge on any atom is -0.343 e. The molecule has 0 aliphatic rings. The van der Waals surface area contributed by atoms with Gasteiger partial charge in [0.2, 0.25) is 0 Å². The summed E-state index contributed by atoms with van der Waals surface area (Å²) in [6.07, 6.45) is 5.48. The van der Waals surface area contributed by atoms with E-state index in [1.165, 1.54) is 0 Å². The van der Waals surface area contributed by atoms with Crippen LogP contribution in [0.3, 0.4) is 0 Å². The molecule has 2 aromatic rings. The predicted octanol–water partition coefficient (Wildman–Crippen LogP) is 3.72. The molecule has 0 radical (unpaired) electrons. The SMILES string of the molecule is CCn1cc(Br)cc1C(=O)N(Cc1cccnc1)C(C)C. The van der Waals surface area contributed by atoms with Gasteiger partial charge >= 0.3 is 0 Å². The molecule has 112 valence electrons. The first-order chi connectivity index (χ1) is 10.0. The lowest BCUT2D eigenvalue weighted by Crippen LogP contribution is -2.37. The highest BCUT2D eigenvalue weighted by molar-refractivity contribution is 9.10. The van der Waals surface area contributed by atoms with Crippen LogP contribution < -0.4 is 0 Å². The number of pyridine rings is 1. The van der Waals surface area contributed by atoms with E-state index in [0.29, 0.717) is 12.2 Å². The molecule has 2 rings (SSSR count). The molecule has 0 N–H and O–H groups in total. The maximum Gasteiger partial charge on any atom is 0.271 e. The summed E-state index contributed by atoms with van der Waals surface area (Å²) >= 11 is 3.44. The summed E-state index contributed by atoms with van der Waals surface area (Å²) in [6.45, 7) is 7.43. The van der Waals surface area contributed by atoms with Gasteiger partial charge in [-0.05, 0) is 54.4 Å². The third-order valence-corrected chi connectivity index (χ3v) is 3.82. The third kappa shape index (κ3) is 3.73. The molecule has 0 bridgehead atoms. The highest BCUT2D eigenvalue weighted by Crippen LogP contribution is 2.19. The molecule has 2 aromatic heterocycles. The maximum absolute atomic E-state index is 12.8. The minimum absolute atomic E-state index is 0.0430. The molecule has 5 heteroatoms. The second-order valence-electron chi connectivity index (χ2n) is 5.22. The molecule has 0 saturated carbocycles. The molecule has 0 atom stereocenters. The molecule has 0 aromatic carbocycles. The Morgan fingerprint density at radius 2 is 2.24 bits per heavy atom. The van der Waals surface area contributed by atoms with Crippen LogP contribution in [0.15, 0.2) is 41.3 Å². The lowest BCUT2D eigenvalue weighted by molar-refractivity contribution is 0.0679.